The lowest BCUT2D eigenvalue weighted by molar-refractivity contribution is -0.116. The van der Waals surface area contributed by atoms with E-state index in [1.807, 2.05) is 0 Å². The SMILES string of the molecule is Cc1cc(=O)[nH]c(-c2cccc(NC(=O)CN(C)S(=O)(=O)c3ccc(Br)cc3)c2)n1. The van der Waals surface area contributed by atoms with Gasteiger partial charge in [-0.1, -0.05) is 28.1 Å². The first-order valence-electron chi connectivity index (χ1n) is 8.85. The van der Waals surface area contributed by atoms with Crippen LogP contribution in [0.3, 0.4) is 0 Å². The molecule has 0 saturated carbocycles. The summed E-state index contributed by atoms with van der Waals surface area (Å²) >= 11 is 3.26. The van der Waals surface area contributed by atoms with E-state index in [1.165, 1.54) is 25.2 Å². The fourth-order valence-corrected chi connectivity index (χ4v) is 4.13. The van der Waals surface area contributed by atoms with E-state index in [-0.39, 0.29) is 17.0 Å². The van der Waals surface area contributed by atoms with Gasteiger partial charge in [0.1, 0.15) is 5.82 Å². The van der Waals surface area contributed by atoms with Crippen molar-refractivity contribution in [1.82, 2.24) is 14.3 Å². The highest BCUT2D eigenvalue weighted by molar-refractivity contribution is 9.10. The number of carbonyl (C=O) groups is 1. The van der Waals surface area contributed by atoms with Gasteiger partial charge < -0.3 is 10.3 Å². The molecule has 10 heteroatoms. The molecule has 0 aliphatic rings. The lowest BCUT2D eigenvalue weighted by Gasteiger charge is -2.17. The Hall–Kier alpha value is -2.82. The van der Waals surface area contributed by atoms with Crippen molar-refractivity contribution in [3.8, 4) is 11.4 Å². The molecule has 30 heavy (non-hydrogen) atoms. The van der Waals surface area contributed by atoms with E-state index in [0.29, 0.717) is 22.8 Å². The van der Waals surface area contributed by atoms with Crippen LogP contribution in [-0.4, -0.2) is 42.2 Å². The van der Waals surface area contributed by atoms with Crippen LogP contribution in [0.15, 0.2) is 68.8 Å². The number of sulfonamides is 1. The highest BCUT2D eigenvalue weighted by atomic mass is 79.9. The number of aryl methyl sites for hydroxylation is 1. The summed E-state index contributed by atoms with van der Waals surface area (Å²) in [6.07, 6.45) is 0. The summed E-state index contributed by atoms with van der Waals surface area (Å²) in [6, 6.07) is 14.3. The van der Waals surface area contributed by atoms with Crippen LogP contribution >= 0.6 is 15.9 Å². The van der Waals surface area contributed by atoms with Crippen molar-refractivity contribution in [2.75, 3.05) is 18.9 Å². The molecule has 0 radical (unpaired) electrons. The van der Waals surface area contributed by atoms with Crippen molar-refractivity contribution in [2.45, 2.75) is 11.8 Å². The number of nitrogens with zero attached hydrogens (tertiary/aromatic N) is 2. The molecule has 8 nitrogen and oxygen atoms in total. The number of aromatic nitrogens is 2. The van der Waals surface area contributed by atoms with Gasteiger partial charge in [-0.05, 0) is 43.3 Å². The van der Waals surface area contributed by atoms with Gasteiger partial charge in [-0.25, -0.2) is 13.4 Å². The highest BCUT2D eigenvalue weighted by Crippen LogP contribution is 2.20. The van der Waals surface area contributed by atoms with Gasteiger partial charge in [0.25, 0.3) is 5.56 Å². The van der Waals surface area contributed by atoms with Crippen molar-refractivity contribution in [2.24, 2.45) is 0 Å². The molecule has 0 fully saturated rings. The monoisotopic (exact) mass is 490 g/mol. The lowest BCUT2D eigenvalue weighted by Crippen LogP contribution is -2.34. The predicted molar refractivity (Wildman–Crippen MR) is 118 cm³/mol. The Morgan fingerprint density at radius 2 is 1.87 bits per heavy atom. The molecule has 1 amide bonds. The number of hydrogen-bond donors (Lipinski definition) is 2. The van der Waals surface area contributed by atoms with Crippen molar-refractivity contribution < 1.29 is 13.2 Å². The normalized spacial score (nSPS) is 11.5. The molecule has 0 aliphatic carbocycles. The Morgan fingerprint density at radius 3 is 2.53 bits per heavy atom. The first-order valence-corrected chi connectivity index (χ1v) is 11.1. The number of aromatic amines is 1. The van der Waals surface area contributed by atoms with Crippen LogP contribution in [0.2, 0.25) is 0 Å². The standard InChI is InChI=1S/C20H19BrN4O4S/c1-13-10-18(26)24-20(22-13)14-4-3-5-16(11-14)23-19(27)12-25(2)30(28,29)17-8-6-15(21)7-9-17/h3-11H,12H2,1-2H3,(H,23,27)(H,22,24,26). The first-order chi connectivity index (χ1) is 14.1. The zero-order chi connectivity index (χ0) is 21.9. The zero-order valence-corrected chi connectivity index (χ0v) is 18.6. The number of anilines is 1. The minimum atomic E-state index is -3.80. The quantitative estimate of drug-likeness (QED) is 0.551. The Kier molecular flexibility index (Phi) is 6.49. The average Bonchev–Trinajstić information content (AvgIpc) is 2.67. The Labute approximate surface area is 182 Å². The number of rotatable bonds is 6. The fourth-order valence-electron chi connectivity index (χ4n) is 2.73. The largest absolute Gasteiger partial charge is 0.325 e. The Morgan fingerprint density at radius 1 is 1.17 bits per heavy atom. The van der Waals surface area contributed by atoms with Crippen LogP contribution in [0.25, 0.3) is 11.4 Å². The third-order valence-corrected chi connectivity index (χ3v) is 6.52. The van der Waals surface area contributed by atoms with E-state index in [0.717, 1.165) is 8.78 Å². The summed E-state index contributed by atoms with van der Waals surface area (Å²) in [6.45, 7) is 1.36. The molecular formula is C20H19BrN4O4S. The van der Waals surface area contributed by atoms with Gasteiger partial charge >= 0.3 is 0 Å². The number of nitrogens with one attached hydrogen (secondary N) is 2. The maximum atomic E-state index is 12.6. The molecule has 0 bridgehead atoms. The van der Waals surface area contributed by atoms with Gasteiger partial charge in [0.05, 0.1) is 11.4 Å². The summed E-state index contributed by atoms with van der Waals surface area (Å²) in [5.74, 6) is -0.118. The number of H-pyrrole nitrogens is 1. The van der Waals surface area contributed by atoms with E-state index < -0.39 is 15.9 Å². The van der Waals surface area contributed by atoms with E-state index >= 15 is 0 Å². The van der Waals surface area contributed by atoms with Gasteiger partial charge in [-0.3, -0.25) is 9.59 Å². The molecule has 0 spiro atoms. The minimum Gasteiger partial charge on any atom is -0.325 e. The van der Waals surface area contributed by atoms with E-state index in [1.54, 1.807) is 43.3 Å². The van der Waals surface area contributed by atoms with Gasteiger partial charge in [0.2, 0.25) is 15.9 Å². The Balaban J connectivity index is 1.73. The summed E-state index contributed by atoms with van der Waals surface area (Å²) in [5.41, 5.74) is 1.37. The second-order valence-electron chi connectivity index (χ2n) is 6.58. The van der Waals surface area contributed by atoms with Gasteiger partial charge in [-0.2, -0.15) is 4.31 Å². The van der Waals surface area contributed by atoms with Crippen molar-refractivity contribution in [3.05, 3.63) is 75.1 Å². The van der Waals surface area contributed by atoms with Crippen LogP contribution in [0.4, 0.5) is 5.69 Å². The Bertz CT molecular complexity index is 1240. The molecule has 3 aromatic rings. The van der Waals surface area contributed by atoms with Crippen molar-refractivity contribution in [3.63, 3.8) is 0 Å². The maximum absolute atomic E-state index is 12.6. The summed E-state index contributed by atoms with van der Waals surface area (Å²) in [5, 5.41) is 2.67. The number of carbonyl (C=O) groups excluding carboxylic acids is 1. The van der Waals surface area contributed by atoms with Crippen LogP contribution < -0.4 is 10.9 Å². The third-order valence-electron chi connectivity index (χ3n) is 4.18. The van der Waals surface area contributed by atoms with E-state index in [9.17, 15) is 18.0 Å². The number of hydrogen-bond acceptors (Lipinski definition) is 5. The molecule has 2 N–H and O–H groups in total. The fraction of sp³-hybridized carbons (Fsp3) is 0.150. The molecule has 2 aromatic carbocycles. The van der Waals surface area contributed by atoms with Gasteiger partial charge in [0.15, 0.2) is 0 Å². The third kappa shape index (κ3) is 5.21. The van der Waals surface area contributed by atoms with Crippen molar-refractivity contribution >= 4 is 37.5 Å². The van der Waals surface area contributed by atoms with E-state index in [4.69, 9.17) is 0 Å². The minimum absolute atomic E-state index is 0.0949. The molecular weight excluding hydrogens is 472 g/mol. The summed E-state index contributed by atoms with van der Waals surface area (Å²) in [7, 11) is -2.46. The summed E-state index contributed by atoms with van der Waals surface area (Å²) in [4.78, 5) is 31.1. The molecule has 156 valence electrons. The second-order valence-corrected chi connectivity index (χ2v) is 9.54. The zero-order valence-electron chi connectivity index (χ0n) is 16.2. The number of amides is 1. The maximum Gasteiger partial charge on any atom is 0.251 e. The molecule has 0 unspecified atom stereocenters. The van der Waals surface area contributed by atoms with Crippen LogP contribution in [0, 0.1) is 6.92 Å². The van der Waals surface area contributed by atoms with Crippen molar-refractivity contribution in [1.29, 1.82) is 0 Å². The molecule has 0 atom stereocenters. The lowest BCUT2D eigenvalue weighted by atomic mass is 10.2. The molecule has 0 aliphatic heterocycles. The number of halogens is 1. The molecule has 0 saturated heterocycles. The number of benzene rings is 2. The van der Waals surface area contributed by atoms with Gasteiger partial charge in [0, 0.05) is 34.5 Å². The smallest absolute Gasteiger partial charge is 0.251 e. The van der Waals surface area contributed by atoms with Crippen LogP contribution in [-0.2, 0) is 14.8 Å². The molecule has 1 aromatic heterocycles. The van der Waals surface area contributed by atoms with Gasteiger partial charge in [-0.15, -0.1) is 0 Å². The number of likely N-dealkylation sites (N-methyl/N-ethyl adjacent to an activating group) is 1. The second kappa shape index (κ2) is 8.90. The topological polar surface area (TPSA) is 112 Å². The van der Waals surface area contributed by atoms with E-state index in [2.05, 4.69) is 31.2 Å². The van der Waals surface area contributed by atoms with Crippen LogP contribution in [0.1, 0.15) is 5.69 Å². The predicted octanol–water partition coefficient (Wildman–Crippen LogP) is 2.77. The highest BCUT2D eigenvalue weighted by Gasteiger charge is 2.23. The summed E-state index contributed by atoms with van der Waals surface area (Å²) < 4.78 is 27.0. The molecule has 3 rings (SSSR count). The first kappa shape index (κ1) is 21.9. The molecule has 1 heterocycles. The average molecular weight is 491 g/mol. The van der Waals surface area contributed by atoms with Crippen LogP contribution in [0.5, 0.6) is 0 Å².